The Morgan fingerprint density at radius 2 is 1.86 bits per heavy atom. The molecule has 2 aromatic carbocycles. The van der Waals surface area contributed by atoms with Crippen LogP contribution in [0.3, 0.4) is 0 Å². The normalized spacial score (nSPS) is 10.8. The minimum absolute atomic E-state index is 0.438. The molecular weight excluding hydrogens is 438 g/mol. The van der Waals surface area contributed by atoms with Crippen LogP contribution in [-0.2, 0) is 5.75 Å². The predicted octanol–water partition coefficient (Wildman–Crippen LogP) is 5.16. The van der Waals surface area contributed by atoms with Crippen molar-refractivity contribution in [3.8, 4) is 23.2 Å². The molecule has 0 radical (unpaired) electrons. The zero-order valence-electron chi connectivity index (χ0n) is 14.8. The third-order valence-electron chi connectivity index (χ3n) is 4.11. The second-order valence-corrected chi connectivity index (χ2v) is 7.69. The average molecular weight is 452 g/mol. The molecule has 2 aromatic heterocycles. The molecule has 0 N–H and O–H groups in total. The third-order valence-corrected chi connectivity index (χ3v) is 5.63. The van der Waals surface area contributed by atoms with Crippen molar-refractivity contribution in [2.24, 2.45) is 0 Å². The summed E-state index contributed by atoms with van der Waals surface area (Å²) in [6.07, 6.45) is 0. The van der Waals surface area contributed by atoms with E-state index in [4.69, 9.17) is 4.42 Å². The summed E-state index contributed by atoms with van der Waals surface area (Å²) in [6, 6.07) is 19.7. The Bertz CT molecular complexity index is 1160. The molecule has 4 aromatic rings. The number of halogens is 1. The van der Waals surface area contributed by atoms with Crippen molar-refractivity contribution >= 4 is 27.7 Å². The van der Waals surface area contributed by atoms with Gasteiger partial charge in [0.15, 0.2) is 0 Å². The van der Waals surface area contributed by atoms with Crippen molar-refractivity contribution in [2.75, 3.05) is 0 Å². The molecule has 6 nitrogen and oxygen atoms in total. The second kappa shape index (κ2) is 8.00. The number of rotatable bonds is 5. The minimum atomic E-state index is 0.438. The van der Waals surface area contributed by atoms with Crippen LogP contribution in [-0.4, -0.2) is 20.0 Å². The number of thioether (sulfide) groups is 1. The number of hydrogen-bond acceptors (Lipinski definition) is 6. The summed E-state index contributed by atoms with van der Waals surface area (Å²) in [5.41, 5.74) is 3.81. The molecule has 0 atom stereocenters. The Morgan fingerprint density at radius 3 is 2.61 bits per heavy atom. The molecule has 138 valence electrons. The van der Waals surface area contributed by atoms with E-state index in [-0.39, 0.29) is 0 Å². The van der Waals surface area contributed by atoms with E-state index in [1.807, 2.05) is 61.5 Å². The van der Waals surface area contributed by atoms with Crippen LogP contribution in [0.5, 0.6) is 0 Å². The smallest absolute Gasteiger partial charge is 0.277 e. The fourth-order valence-corrected chi connectivity index (χ4v) is 4.00. The predicted molar refractivity (Wildman–Crippen MR) is 110 cm³/mol. The number of nitriles is 1. The van der Waals surface area contributed by atoms with Crippen molar-refractivity contribution in [3.63, 3.8) is 0 Å². The molecule has 0 saturated carbocycles. The zero-order valence-corrected chi connectivity index (χ0v) is 17.2. The molecular formula is C20H14BrN5OS. The van der Waals surface area contributed by atoms with Crippen LogP contribution in [0, 0.1) is 18.3 Å². The highest BCUT2D eigenvalue weighted by Gasteiger charge is 2.18. The molecule has 0 aliphatic carbocycles. The number of benzene rings is 2. The Kier molecular flexibility index (Phi) is 5.28. The maximum Gasteiger partial charge on any atom is 0.277 e. The molecule has 2 heterocycles. The van der Waals surface area contributed by atoms with Crippen LogP contribution in [0.15, 0.2) is 68.7 Å². The van der Waals surface area contributed by atoms with Crippen LogP contribution in [0.25, 0.3) is 17.1 Å². The van der Waals surface area contributed by atoms with Gasteiger partial charge in [0.2, 0.25) is 5.89 Å². The van der Waals surface area contributed by atoms with Crippen LogP contribution in [0.2, 0.25) is 0 Å². The third kappa shape index (κ3) is 3.59. The van der Waals surface area contributed by atoms with Crippen molar-refractivity contribution in [2.45, 2.75) is 17.9 Å². The zero-order chi connectivity index (χ0) is 19.5. The highest BCUT2D eigenvalue weighted by Crippen LogP contribution is 2.31. The van der Waals surface area contributed by atoms with Crippen molar-refractivity contribution < 1.29 is 4.42 Å². The van der Waals surface area contributed by atoms with E-state index in [0.29, 0.717) is 28.1 Å². The van der Waals surface area contributed by atoms with Gasteiger partial charge in [-0.2, -0.15) is 10.4 Å². The van der Waals surface area contributed by atoms with Crippen molar-refractivity contribution in [1.29, 1.82) is 5.26 Å². The van der Waals surface area contributed by atoms with Crippen LogP contribution < -0.4 is 0 Å². The van der Waals surface area contributed by atoms with Gasteiger partial charge in [-0.25, -0.2) is 4.68 Å². The number of hydrogen-bond donors (Lipinski definition) is 0. The topological polar surface area (TPSA) is 80.5 Å². The highest BCUT2D eigenvalue weighted by atomic mass is 79.9. The van der Waals surface area contributed by atoms with Gasteiger partial charge in [0.05, 0.1) is 28.2 Å². The monoisotopic (exact) mass is 451 g/mol. The Balaban J connectivity index is 1.61. The first-order valence-electron chi connectivity index (χ1n) is 8.42. The van der Waals surface area contributed by atoms with Crippen LogP contribution in [0.1, 0.15) is 17.0 Å². The lowest BCUT2D eigenvalue weighted by Crippen LogP contribution is -2.02. The van der Waals surface area contributed by atoms with Gasteiger partial charge < -0.3 is 4.42 Å². The van der Waals surface area contributed by atoms with E-state index in [0.717, 1.165) is 21.4 Å². The van der Waals surface area contributed by atoms with E-state index in [9.17, 15) is 5.26 Å². The fraction of sp³-hybridized carbons (Fsp3) is 0.100. The summed E-state index contributed by atoms with van der Waals surface area (Å²) in [4.78, 5) is 0. The molecule has 0 aliphatic rings. The number of aryl methyl sites for hydroxylation is 1. The summed E-state index contributed by atoms with van der Waals surface area (Å²) in [5, 5.41) is 22.8. The summed E-state index contributed by atoms with van der Waals surface area (Å²) in [6.45, 7) is 1.84. The molecule has 8 heteroatoms. The second-order valence-electron chi connectivity index (χ2n) is 5.91. The number of aromatic nitrogens is 4. The molecule has 0 bridgehead atoms. The van der Waals surface area contributed by atoms with Crippen LogP contribution in [0.4, 0.5) is 0 Å². The first-order chi connectivity index (χ1) is 13.7. The average Bonchev–Trinajstić information content (AvgIpc) is 3.31. The first kappa shape index (κ1) is 18.5. The van der Waals surface area contributed by atoms with E-state index in [1.54, 1.807) is 4.68 Å². The Labute approximate surface area is 174 Å². The lowest BCUT2D eigenvalue weighted by Gasteiger charge is -2.06. The largest absolute Gasteiger partial charge is 0.411 e. The van der Waals surface area contributed by atoms with Gasteiger partial charge in [0.1, 0.15) is 6.07 Å². The van der Waals surface area contributed by atoms with E-state index >= 15 is 0 Å². The van der Waals surface area contributed by atoms with Gasteiger partial charge in [-0.15, -0.1) is 10.2 Å². The SMILES string of the molecule is Cc1nn(-c2ccccc2)c(CSc2nnc(-c3ccccc3Br)o2)c1C#N. The lowest BCUT2D eigenvalue weighted by atomic mass is 10.2. The van der Waals surface area contributed by atoms with Crippen molar-refractivity contribution in [3.05, 3.63) is 76.0 Å². The van der Waals surface area contributed by atoms with E-state index in [1.165, 1.54) is 11.8 Å². The molecule has 28 heavy (non-hydrogen) atoms. The first-order valence-corrected chi connectivity index (χ1v) is 10.2. The van der Waals surface area contributed by atoms with E-state index < -0.39 is 0 Å². The van der Waals surface area contributed by atoms with Gasteiger partial charge in [-0.1, -0.05) is 42.1 Å². The van der Waals surface area contributed by atoms with Gasteiger partial charge in [-0.3, -0.25) is 0 Å². The summed E-state index contributed by atoms with van der Waals surface area (Å²) in [5.74, 6) is 0.930. The van der Waals surface area contributed by atoms with Gasteiger partial charge in [0, 0.05) is 10.2 Å². The molecule has 0 aliphatic heterocycles. The minimum Gasteiger partial charge on any atom is -0.411 e. The standard InChI is InChI=1S/C20H14BrN5OS/c1-13-16(11-22)18(26(25-13)14-7-3-2-4-8-14)12-28-20-24-23-19(27-20)15-9-5-6-10-17(15)21/h2-10H,12H2,1H3. The van der Waals surface area contributed by atoms with Gasteiger partial charge >= 0.3 is 0 Å². The summed E-state index contributed by atoms with van der Waals surface area (Å²) >= 11 is 4.87. The molecule has 0 unspecified atom stereocenters. The summed E-state index contributed by atoms with van der Waals surface area (Å²) in [7, 11) is 0. The number of nitrogens with zero attached hydrogens (tertiary/aromatic N) is 5. The van der Waals surface area contributed by atoms with E-state index in [2.05, 4.69) is 37.3 Å². The van der Waals surface area contributed by atoms with Crippen LogP contribution >= 0.6 is 27.7 Å². The Hall–Kier alpha value is -2.89. The fourth-order valence-electron chi connectivity index (χ4n) is 2.78. The van der Waals surface area contributed by atoms with Gasteiger partial charge in [0.25, 0.3) is 5.22 Å². The number of para-hydroxylation sites is 1. The molecule has 0 fully saturated rings. The Morgan fingerprint density at radius 1 is 1.11 bits per heavy atom. The lowest BCUT2D eigenvalue weighted by molar-refractivity contribution is 0.465. The maximum atomic E-state index is 9.57. The maximum absolute atomic E-state index is 9.57. The molecule has 4 rings (SSSR count). The quantitative estimate of drug-likeness (QED) is 0.390. The summed E-state index contributed by atoms with van der Waals surface area (Å²) < 4.78 is 8.48. The molecule has 0 amide bonds. The molecule has 0 saturated heterocycles. The van der Waals surface area contributed by atoms with Gasteiger partial charge in [-0.05, 0) is 47.1 Å². The highest BCUT2D eigenvalue weighted by molar-refractivity contribution is 9.10. The van der Waals surface area contributed by atoms with Crippen molar-refractivity contribution in [1.82, 2.24) is 20.0 Å². The molecule has 0 spiro atoms.